The maximum absolute atomic E-state index is 12.3. The van der Waals surface area contributed by atoms with Gasteiger partial charge in [-0.25, -0.2) is 13.1 Å². The minimum atomic E-state index is -3.56. The van der Waals surface area contributed by atoms with Gasteiger partial charge in [0.15, 0.2) is 5.76 Å². The number of nitrogens with zero attached hydrogens (tertiary/aromatic N) is 1. The van der Waals surface area contributed by atoms with Gasteiger partial charge in [0.1, 0.15) is 10.6 Å². The Hall–Kier alpha value is -1.66. The maximum atomic E-state index is 12.3. The molecule has 2 rings (SSSR count). The van der Waals surface area contributed by atoms with Gasteiger partial charge in [-0.15, -0.1) is 0 Å². The molecule has 0 aliphatic heterocycles. The van der Waals surface area contributed by atoms with E-state index < -0.39 is 10.0 Å². The molecule has 1 aromatic carbocycles. The molecule has 0 fully saturated rings. The zero-order chi connectivity index (χ0) is 17.0. The van der Waals surface area contributed by atoms with E-state index in [1.54, 1.807) is 13.8 Å². The Morgan fingerprint density at radius 2 is 1.83 bits per heavy atom. The molecule has 1 N–H and O–H groups in total. The lowest BCUT2D eigenvalue weighted by atomic mass is 10.0. The van der Waals surface area contributed by atoms with Crippen LogP contribution in [0.4, 0.5) is 0 Å². The minimum Gasteiger partial charge on any atom is -0.360 e. The molecule has 0 aliphatic carbocycles. The van der Waals surface area contributed by atoms with Crippen molar-refractivity contribution in [1.82, 2.24) is 9.88 Å². The fourth-order valence-corrected chi connectivity index (χ4v) is 3.90. The van der Waals surface area contributed by atoms with Crippen LogP contribution >= 0.6 is 0 Å². The van der Waals surface area contributed by atoms with Gasteiger partial charge in [-0.1, -0.05) is 43.3 Å². The first-order valence-electron chi connectivity index (χ1n) is 7.82. The number of hydrogen-bond acceptors (Lipinski definition) is 4. The first-order chi connectivity index (χ1) is 10.8. The van der Waals surface area contributed by atoms with Crippen molar-refractivity contribution in [2.45, 2.75) is 51.3 Å². The average molecular weight is 336 g/mol. The topological polar surface area (TPSA) is 72.2 Å². The normalized spacial score (nSPS) is 12.0. The molecule has 0 aliphatic rings. The zero-order valence-electron chi connectivity index (χ0n) is 14.1. The Morgan fingerprint density at radius 1 is 1.17 bits per heavy atom. The van der Waals surface area contributed by atoms with Gasteiger partial charge in [0.05, 0.1) is 0 Å². The second kappa shape index (κ2) is 7.27. The molecule has 126 valence electrons. The van der Waals surface area contributed by atoms with Crippen molar-refractivity contribution in [1.29, 1.82) is 0 Å². The van der Waals surface area contributed by atoms with Crippen molar-refractivity contribution in [3.63, 3.8) is 0 Å². The molecule has 0 radical (unpaired) electrons. The van der Waals surface area contributed by atoms with E-state index in [9.17, 15) is 8.42 Å². The summed E-state index contributed by atoms with van der Waals surface area (Å²) in [7, 11) is -3.56. The van der Waals surface area contributed by atoms with Crippen LogP contribution in [0.1, 0.15) is 48.8 Å². The summed E-state index contributed by atoms with van der Waals surface area (Å²) in [5, 5.41) is 3.69. The van der Waals surface area contributed by atoms with E-state index in [2.05, 4.69) is 48.0 Å². The number of rotatable bonds is 7. The van der Waals surface area contributed by atoms with E-state index in [0.717, 1.165) is 12.8 Å². The van der Waals surface area contributed by atoms with Crippen LogP contribution in [0, 0.1) is 13.8 Å². The van der Waals surface area contributed by atoms with E-state index in [1.165, 1.54) is 11.1 Å². The summed E-state index contributed by atoms with van der Waals surface area (Å²) in [6.07, 6.45) is 1.58. The van der Waals surface area contributed by atoms with Crippen molar-refractivity contribution in [2.75, 3.05) is 6.54 Å². The molecule has 5 nitrogen and oxygen atoms in total. The van der Waals surface area contributed by atoms with Crippen LogP contribution < -0.4 is 4.72 Å². The number of benzene rings is 1. The average Bonchev–Trinajstić information content (AvgIpc) is 2.84. The highest BCUT2D eigenvalue weighted by Gasteiger charge is 2.23. The summed E-state index contributed by atoms with van der Waals surface area (Å²) in [5.74, 6) is 0.838. The first-order valence-corrected chi connectivity index (χ1v) is 9.31. The van der Waals surface area contributed by atoms with E-state index >= 15 is 0 Å². The second-order valence-electron chi connectivity index (χ2n) is 6.05. The number of sulfonamides is 1. The van der Waals surface area contributed by atoms with Crippen molar-refractivity contribution < 1.29 is 12.9 Å². The Bertz CT molecular complexity index is 727. The van der Waals surface area contributed by atoms with Gasteiger partial charge in [-0.2, -0.15) is 0 Å². The second-order valence-corrected chi connectivity index (χ2v) is 7.75. The van der Waals surface area contributed by atoms with Crippen molar-refractivity contribution in [3.05, 3.63) is 46.8 Å². The molecule has 0 spiro atoms. The fourth-order valence-electron chi connectivity index (χ4n) is 2.50. The summed E-state index contributed by atoms with van der Waals surface area (Å²) in [6.45, 7) is 7.95. The van der Waals surface area contributed by atoms with Gasteiger partial charge in [-0.3, -0.25) is 0 Å². The van der Waals surface area contributed by atoms with Crippen LogP contribution in [-0.4, -0.2) is 20.1 Å². The molecule has 0 unspecified atom stereocenters. The van der Waals surface area contributed by atoms with E-state index in [0.29, 0.717) is 23.9 Å². The van der Waals surface area contributed by atoms with Crippen LogP contribution in [0.3, 0.4) is 0 Å². The Morgan fingerprint density at radius 3 is 2.35 bits per heavy atom. The Balaban J connectivity index is 1.88. The van der Waals surface area contributed by atoms with Gasteiger partial charge in [0, 0.05) is 6.54 Å². The lowest BCUT2D eigenvalue weighted by Gasteiger charge is -2.08. The molecule has 1 aromatic heterocycles. The highest BCUT2D eigenvalue weighted by Crippen LogP contribution is 2.18. The number of hydrogen-bond donors (Lipinski definition) is 1. The quantitative estimate of drug-likeness (QED) is 0.787. The predicted octanol–water partition coefficient (Wildman–Crippen LogP) is 3.33. The third-order valence-corrected chi connectivity index (χ3v) is 5.52. The van der Waals surface area contributed by atoms with Gasteiger partial charge in [-0.05, 0) is 43.7 Å². The molecular weight excluding hydrogens is 312 g/mol. The Kier molecular flexibility index (Phi) is 5.59. The van der Waals surface area contributed by atoms with E-state index in [1.807, 2.05) is 0 Å². The van der Waals surface area contributed by atoms with Crippen LogP contribution in [0.5, 0.6) is 0 Å². The SMILES string of the molecule is Cc1noc(C)c1S(=O)(=O)NCCCc1ccc(C(C)C)cc1. The highest BCUT2D eigenvalue weighted by molar-refractivity contribution is 7.89. The standard InChI is InChI=1S/C17H24N2O3S/c1-12(2)16-9-7-15(8-10-16)6-5-11-18-23(20,21)17-13(3)19-22-14(17)4/h7-10,12,18H,5-6,11H2,1-4H3. The molecule has 0 amide bonds. The van der Waals surface area contributed by atoms with Crippen LogP contribution in [0.15, 0.2) is 33.7 Å². The Labute approximate surface area is 138 Å². The van der Waals surface area contributed by atoms with Gasteiger partial charge < -0.3 is 4.52 Å². The van der Waals surface area contributed by atoms with E-state index in [4.69, 9.17) is 4.52 Å². The monoisotopic (exact) mass is 336 g/mol. The summed E-state index contributed by atoms with van der Waals surface area (Å²) in [5.41, 5.74) is 2.91. The summed E-state index contributed by atoms with van der Waals surface area (Å²) < 4.78 is 32.0. The molecular formula is C17H24N2O3S. The first kappa shape index (κ1) is 17.7. The molecule has 23 heavy (non-hydrogen) atoms. The lowest BCUT2D eigenvalue weighted by Crippen LogP contribution is -2.26. The molecule has 0 bridgehead atoms. The van der Waals surface area contributed by atoms with E-state index in [-0.39, 0.29) is 4.90 Å². The van der Waals surface area contributed by atoms with Crippen LogP contribution in [0.25, 0.3) is 0 Å². The van der Waals surface area contributed by atoms with Gasteiger partial charge in [0.2, 0.25) is 10.0 Å². The van der Waals surface area contributed by atoms with Crippen molar-refractivity contribution in [3.8, 4) is 0 Å². The zero-order valence-corrected chi connectivity index (χ0v) is 14.9. The molecule has 0 saturated heterocycles. The highest BCUT2D eigenvalue weighted by atomic mass is 32.2. The fraction of sp³-hybridized carbons (Fsp3) is 0.471. The van der Waals surface area contributed by atoms with Crippen LogP contribution in [-0.2, 0) is 16.4 Å². The lowest BCUT2D eigenvalue weighted by molar-refractivity contribution is 0.390. The molecule has 2 aromatic rings. The maximum Gasteiger partial charge on any atom is 0.245 e. The number of nitrogens with one attached hydrogen (secondary N) is 1. The summed E-state index contributed by atoms with van der Waals surface area (Å²) >= 11 is 0. The summed E-state index contributed by atoms with van der Waals surface area (Å²) in [6, 6.07) is 8.48. The number of aromatic nitrogens is 1. The van der Waals surface area contributed by atoms with Crippen molar-refractivity contribution in [2.24, 2.45) is 0 Å². The molecule has 6 heteroatoms. The summed E-state index contributed by atoms with van der Waals surface area (Å²) in [4.78, 5) is 0.152. The smallest absolute Gasteiger partial charge is 0.245 e. The number of aryl methyl sites for hydroxylation is 3. The minimum absolute atomic E-state index is 0.152. The van der Waals surface area contributed by atoms with Gasteiger partial charge in [0.25, 0.3) is 0 Å². The largest absolute Gasteiger partial charge is 0.360 e. The third kappa shape index (κ3) is 4.42. The van der Waals surface area contributed by atoms with Crippen LogP contribution in [0.2, 0.25) is 0 Å². The van der Waals surface area contributed by atoms with Crippen molar-refractivity contribution >= 4 is 10.0 Å². The molecule has 0 atom stereocenters. The third-order valence-electron chi connectivity index (χ3n) is 3.82. The predicted molar refractivity (Wildman–Crippen MR) is 90.0 cm³/mol. The molecule has 0 saturated carbocycles. The van der Waals surface area contributed by atoms with Gasteiger partial charge >= 0.3 is 0 Å². The molecule has 1 heterocycles.